The van der Waals surface area contributed by atoms with Crippen LogP contribution >= 0.6 is 0 Å². The quantitative estimate of drug-likeness (QED) is 0.576. The SMILES string of the molecule is O=C(c1ccccc1)[C@]12CCCCCC[C@H]1O2. The van der Waals surface area contributed by atoms with Crippen LogP contribution in [0.2, 0.25) is 0 Å². The van der Waals surface area contributed by atoms with E-state index in [0.29, 0.717) is 0 Å². The second-order valence-electron chi connectivity index (χ2n) is 5.14. The van der Waals surface area contributed by atoms with Crippen molar-refractivity contribution in [2.45, 2.75) is 50.2 Å². The number of carbonyl (C=O) groups is 1. The molecule has 2 nitrogen and oxygen atoms in total. The molecule has 17 heavy (non-hydrogen) atoms. The van der Waals surface area contributed by atoms with Crippen molar-refractivity contribution in [2.75, 3.05) is 0 Å². The summed E-state index contributed by atoms with van der Waals surface area (Å²) in [6.45, 7) is 0. The molecule has 2 fully saturated rings. The fraction of sp³-hybridized carbons (Fsp3) is 0.533. The molecular formula is C15H18O2. The maximum Gasteiger partial charge on any atom is 0.197 e. The van der Waals surface area contributed by atoms with Gasteiger partial charge in [-0.15, -0.1) is 0 Å². The molecule has 2 heteroatoms. The fourth-order valence-corrected chi connectivity index (χ4v) is 2.95. The zero-order valence-electron chi connectivity index (χ0n) is 10.0. The molecule has 1 aromatic rings. The number of Topliss-reactive ketones (excluding diaryl/α,β-unsaturated/α-hetero) is 1. The Bertz CT molecular complexity index is 412. The molecule has 1 aliphatic carbocycles. The summed E-state index contributed by atoms with van der Waals surface area (Å²) in [5, 5.41) is 0. The van der Waals surface area contributed by atoms with Gasteiger partial charge in [0.1, 0.15) is 0 Å². The Morgan fingerprint density at radius 1 is 1.12 bits per heavy atom. The van der Waals surface area contributed by atoms with Gasteiger partial charge in [0, 0.05) is 5.56 Å². The van der Waals surface area contributed by atoms with E-state index >= 15 is 0 Å². The Kier molecular flexibility index (Phi) is 2.75. The normalized spacial score (nSPS) is 32.1. The summed E-state index contributed by atoms with van der Waals surface area (Å²) < 4.78 is 5.79. The number of epoxide rings is 1. The number of benzene rings is 1. The van der Waals surface area contributed by atoms with Crippen LogP contribution in [-0.2, 0) is 4.74 Å². The Hall–Kier alpha value is -1.15. The minimum atomic E-state index is -0.457. The minimum Gasteiger partial charge on any atom is -0.357 e. The highest BCUT2D eigenvalue weighted by atomic mass is 16.6. The van der Waals surface area contributed by atoms with E-state index in [4.69, 9.17) is 4.74 Å². The summed E-state index contributed by atoms with van der Waals surface area (Å²) in [4.78, 5) is 12.5. The molecule has 0 aromatic heterocycles. The monoisotopic (exact) mass is 230 g/mol. The lowest BCUT2D eigenvalue weighted by atomic mass is 9.85. The van der Waals surface area contributed by atoms with Crippen LogP contribution in [0.5, 0.6) is 0 Å². The lowest BCUT2D eigenvalue weighted by Gasteiger charge is -2.14. The maximum atomic E-state index is 12.5. The molecular weight excluding hydrogens is 212 g/mol. The number of carbonyl (C=O) groups excluding carboxylic acids is 1. The third kappa shape index (κ3) is 1.91. The standard InChI is InChI=1S/C15H18O2/c16-14(12-8-4-3-5-9-12)15-11-7-2-1-6-10-13(15)17-15/h3-5,8-9,13H,1-2,6-7,10-11H2/t13-,15+/m1/s1. The van der Waals surface area contributed by atoms with Crippen LogP contribution in [0.1, 0.15) is 48.9 Å². The van der Waals surface area contributed by atoms with E-state index in [1.165, 1.54) is 19.3 Å². The number of fused-ring (bicyclic) bond motifs is 1. The van der Waals surface area contributed by atoms with E-state index in [1.807, 2.05) is 30.3 Å². The van der Waals surface area contributed by atoms with Crippen molar-refractivity contribution in [1.29, 1.82) is 0 Å². The summed E-state index contributed by atoms with van der Waals surface area (Å²) in [5.74, 6) is 0.199. The second kappa shape index (κ2) is 4.26. The summed E-state index contributed by atoms with van der Waals surface area (Å²) >= 11 is 0. The average Bonchev–Trinajstić information content (AvgIpc) is 3.03. The second-order valence-corrected chi connectivity index (χ2v) is 5.14. The third-order valence-electron chi connectivity index (χ3n) is 4.00. The Morgan fingerprint density at radius 3 is 2.71 bits per heavy atom. The fourth-order valence-electron chi connectivity index (χ4n) is 2.95. The lowest BCUT2D eigenvalue weighted by Crippen LogP contribution is -2.28. The van der Waals surface area contributed by atoms with Crippen LogP contribution < -0.4 is 0 Å². The molecule has 0 bridgehead atoms. The van der Waals surface area contributed by atoms with Gasteiger partial charge in [-0.05, 0) is 19.3 Å². The van der Waals surface area contributed by atoms with E-state index in [-0.39, 0.29) is 11.9 Å². The zero-order chi connectivity index (χ0) is 11.7. The number of ketones is 1. The van der Waals surface area contributed by atoms with Gasteiger partial charge in [0.2, 0.25) is 0 Å². The van der Waals surface area contributed by atoms with Crippen molar-refractivity contribution in [3.63, 3.8) is 0 Å². The predicted octanol–water partition coefficient (Wildman–Crippen LogP) is 3.36. The van der Waals surface area contributed by atoms with Gasteiger partial charge in [-0.25, -0.2) is 0 Å². The van der Waals surface area contributed by atoms with Gasteiger partial charge in [-0.3, -0.25) is 4.79 Å². The van der Waals surface area contributed by atoms with Crippen molar-refractivity contribution < 1.29 is 9.53 Å². The molecule has 90 valence electrons. The summed E-state index contributed by atoms with van der Waals surface area (Å²) in [5.41, 5.74) is 0.345. The first-order valence-electron chi connectivity index (χ1n) is 6.61. The van der Waals surface area contributed by atoms with Gasteiger partial charge in [-0.2, -0.15) is 0 Å². The largest absolute Gasteiger partial charge is 0.357 e. The van der Waals surface area contributed by atoms with Gasteiger partial charge < -0.3 is 4.74 Å². The molecule has 0 unspecified atom stereocenters. The molecule has 1 aliphatic heterocycles. The predicted molar refractivity (Wildman–Crippen MR) is 66.1 cm³/mol. The Morgan fingerprint density at radius 2 is 1.88 bits per heavy atom. The van der Waals surface area contributed by atoms with E-state index < -0.39 is 5.60 Å². The van der Waals surface area contributed by atoms with Crippen molar-refractivity contribution >= 4 is 5.78 Å². The summed E-state index contributed by atoms with van der Waals surface area (Å²) in [7, 11) is 0. The first-order chi connectivity index (χ1) is 8.33. The van der Waals surface area contributed by atoms with Crippen molar-refractivity contribution in [3.8, 4) is 0 Å². The first kappa shape index (κ1) is 11.0. The number of ether oxygens (including phenoxy) is 1. The van der Waals surface area contributed by atoms with Gasteiger partial charge >= 0.3 is 0 Å². The van der Waals surface area contributed by atoms with Gasteiger partial charge in [0.25, 0.3) is 0 Å². The third-order valence-corrected chi connectivity index (χ3v) is 4.00. The van der Waals surface area contributed by atoms with E-state index in [1.54, 1.807) is 0 Å². The van der Waals surface area contributed by atoms with E-state index in [0.717, 1.165) is 24.8 Å². The molecule has 0 radical (unpaired) electrons. The van der Waals surface area contributed by atoms with Crippen LogP contribution in [0, 0.1) is 0 Å². The molecule has 1 saturated carbocycles. The molecule has 0 N–H and O–H groups in total. The molecule has 0 spiro atoms. The van der Waals surface area contributed by atoms with Crippen LogP contribution in [0.3, 0.4) is 0 Å². The first-order valence-corrected chi connectivity index (χ1v) is 6.61. The van der Waals surface area contributed by atoms with Crippen LogP contribution in [0.4, 0.5) is 0 Å². The van der Waals surface area contributed by atoms with Gasteiger partial charge in [0.15, 0.2) is 11.4 Å². The maximum absolute atomic E-state index is 12.5. The number of rotatable bonds is 2. The molecule has 1 heterocycles. The molecule has 2 atom stereocenters. The highest BCUT2D eigenvalue weighted by Gasteiger charge is 2.60. The smallest absolute Gasteiger partial charge is 0.197 e. The highest BCUT2D eigenvalue weighted by Crippen LogP contribution is 2.47. The minimum absolute atomic E-state index is 0.190. The molecule has 0 amide bonds. The summed E-state index contributed by atoms with van der Waals surface area (Å²) in [6, 6.07) is 9.58. The average molecular weight is 230 g/mol. The van der Waals surface area contributed by atoms with Crippen LogP contribution in [-0.4, -0.2) is 17.5 Å². The highest BCUT2D eigenvalue weighted by molar-refractivity contribution is 6.04. The van der Waals surface area contributed by atoms with Crippen molar-refractivity contribution in [1.82, 2.24) is 0 Å². The number of hydrogen-bond donors (Lipinski definition) is 0. The van der Waals surface area contributed by atoms with E-state index in [2.05, 4.69) is 0 Å². The topological polar surface area (TPSA) is 29.6 Å². The summed E-state index contributed by atoms with van der Waals surface area (Å²) in [6.07, 6.45) is 7.00. The van der Waals surface area contributed by atoms with Crippen molar-refractivity contribution in [2.24, 2.45) is 0 Å². The molecule has 3 rings (SSSR count). The van der Waals surface area contributed by atoms with Crippen molar-refractivity contribution in [3.05, 3.63) is 35.9 Å². The van der Waals surface area contributed by atoms with E-state index in [9.17, 15) is 4.79 Å². The van der Waals surface area contributed by atoms with Gasteiger partial charge in [-0.1, -0.05) is 49.6 Å². The molecule has 1 aromatic carbocycles. The number of hydrogen-bond acceptors (Lipinski definition) is 2. The van der Waals surface area contributed by atoms with Crippen LogP contribution in [0.25, 0.3) is 0 Å². The molecule has 1 saturated heterocycles. The van der Waals surface area contributed by atoms with Gasteiger partial charge in [0.05, 0.1) is 6.10 Å². The Labute approximate surface area is 102 Å². The molecule has 2 aliphatic rings. The van der Waals surface area contributed by atoms with Crippen LogP contribution in [0.15, 0.2) is 30.3 Å². The lowest BCUT2D eigenvalue weighted by molar-refractivity contribution is 0.0860. The Balaban J connectivity index is 1.81. The zero-order valence-corrected chi connectivity index (χ0v) is 10.0.